The zero-order chi connectivity index (χ0) is 23.7. The summed E-state index contributed by atoms with van der Waals surface area (Å²) in [5, 5.41) is 12.0. The van der Waals surface area contributed by atoms with E-state index in [2.05, 4.69) is 38.8 Å². The van der Waals surface area contributed by atoms with Crippen LogP contribution in [0.2, 0.25) is 0 Å². The zero-order valence-electron chi connectivity index (χ0n) is 18.9. The largest absolute Gasteiger partial charge is 0.464 e. The Morgan fingerprint density at radius 2 is 2.15 bits per heavy atom. The lowest BCUT2D eigenvalue weighted by atomic mass is 10.1. The summed E-state index contributed by atoms with van der Waals surface area (Å²) < 4.78 is 12.9. The van der Waals surface area contributed by atoms with E-state index in [9.17, 15) is 4.79 Å². The van der Waals surface area contributed by atoms with E-state index < -0.39 is 0 Å². The quantitative estimate of drug-likeness (QED) is 0.292. The third kappa shape index (κ3) is 4.31. The van der Waals surface area contributed by atoms with E-state index in [-0.39, 0.29) is 10.8 Å². The Bertz CT molecular complexity index is 1490. The number of methoxy groups -OCH3 is 1. The van der Waals surface area contributed by atoms with Crippen LogP contribution in [-0.2, 0) is 11.3 Å². The number of thioether (sulfide) groups is 1. The number of fused-ring (bicyclic) bond motifs is 1. The molecule has 0 radical (unpaired) electrons. The molecule has 34 heavy (non-hydrogen) atoms. The highest BCUT2D eigenvalue weighted by Gasteiger charge is 2.21. The van der Waals surface area contributed by atoms with Gasteiger partial charge in [-0.15, -0.1) is 21.5 Å². The van der Waals surface area contributed by atoms with Crippen LogP contribution in [0.25, 0.3) is 32.9 Å². The van der Waals surface area contributed by atoms with Crippen LogP contribution in [0.15, 0.2) is 62.4 Å². The minimum absolute atomic E-state index is 0.151. The Morgan fingerprint density at radius 1 is 1.26 bits per heavy atom. The van der Waals surface area contributed by atoms with Crippen LogP contribution in [0.5, 0.6) is 0 Å². The SMILES string of the molecule is COCCn1c(SC(C)c2nc3scc(-c4ccco4)c3c(=O)[nH]2)nnc1-c1cccc(C)c1. The van der Waals surface area contributed by atoms with Gasteiger partial charge in [-0.3, -0.25) is 9.36 Å². The number of benzene rings is 1. The van der Waals surface area contributed by atoms with Gasteiger partial charge in [-0.2, -0.15) is 0 Å². The first-order valence-corrected chi connectivity index (χ1v) is 12.5. The summed E-state index contributed by atoms with van der Waals surface area (Å²) in [6, 6.07) is 11.8. The van der Waals surface area contributed by atoms with Crippen molar-refractivity contribution in [3.8, 4) is 22.7 Å². The molecular weight excluding hydrogens is 470 g/mol. The van der Waals surface area contributed by atoms with Crippen molar-refractivity contribution in [3.05, 3.63) is 69.8 Å². The lowest BCUT2D eigenvalue weighted by molar-refractivity contribution is 0.185. The van der Waals surface area contributed by atoms with Gasteiger partial charge in [0.15, 0.2) is 11.0 Å². The number of furan rings is 1. The van der Waals surface area contributed by atoms with E-state index in [4.69, 9.17) is 14.1 Å². The molecule has 0 saturated carbocycles. The molecule has 0 amide bonds. The fraction of sp³-hybridized carbons (Fsp3) is 0.250. The second-order valence-electron chi connectivity index (χ2n) is 7.84. The highest BCUT2D eigenvalue weighted by Crippen LogP contribution is 2.36. The normalized spacial score (nSPS) is 12.4. The maximum Gasteiger partial charge on any atom is 0.260 e. The Balaban J connectivity index is 1.47. The number of ether oxygens (including phenoxy) is 1. The van der Waals surface area contributed by atoms with Crippen LogP contribution in [-0.4, -0.2) is 38.4 Å². The molecule has 0 aliphatic carbocycles. The molecule has 0 saturated heterocycles. The Hall–Kier alpha value is -3.21. The van der Waals surface area contributed by atoms with Crippen molar-refractivity contribution in [1.82, 2.24) is 24.7 Å². The number of thiophene rings is 1. The van der Waals surface area contributed by atoms with Crippen molar-refractivity contribution in [2.75, 3.05) is 13.7 Å². The summed E-state index contributed by atoms with van der Waals surface area (Å²) in [5.41, 5.74) is 2.73. The molecule has 1 aromatic carbocycles. The van der Waals surface area contributed by atoms with Crippen LogP contribution in [0.4, 0.5) is 0 Å². The van der Waals surface area contributed by atoms with E-state index in [1.165, 1.54) is 23.1 Å². The Kier molecular flexibility index (Phi) is 6.36. The van der Waals surface area contributed by atoms with E-state index >= 15 is 0 Å². The van der Waals surface area contributed by atoms with Crippen LogP contribution in [0, 0.1) is 6.92 Å². The smallest absolute Gasteiger partial charge is 0.260 e. The number of nitrogens with one attached hydrogen (secondary N) is 1. The average Bonchev–Trinajstić information content (AvgIpc) is 3.57. The highest BCUT2D eigenvalue weighted by atomic mass is 32.2. The van der Waals surface area contributed by atoms with Gasteiger partial charge >= 0.3 is 0 Å². The van der Waals surface area contributed by atoms with Crippen molar-refractivity contribution in [1.29, 1.82) is 0 Å². The lowest BCUT2D eigenvalue weighted by Crippen LogP contribution is -2.13. The third-order valence-corrected chi connectivity index (χ3v) is 7.39. The number of hydrogen-bond donors (Lipinski definition) is 1. The lowest BCUT2D eigenvalue weighted by Gasteiger charge is -2.13. The van der Waals surface area contributed by atoms with E-state index in [0.29, 0.717) is 35.0 Å². The van der Waals surface area contributed by atoms with Gasteiger partial charge in [0.2, 0.25) is 0 Å². The topological polar surface area (TPSA) is 98.8 Å². The predicted octanol–water partition coefficient (Wildman–Crippen LogP) is 5.31. The second-order valence-corrected chi connectivity index (χ2v) is 10.0. The molecule has 0 spiro atoms. The van der Waals surface area contributed by atoms with E-state index in [1.807, 2.05) is 30.5 Å². The minimum atomic E-state index is -0.179. The Labute approximate surface area is 204 Å². The fourth-order valence-corrected chi connectivity index (χ4v) is 5.61. The first-order chi connectivity index (χ1) is 16.5. The molecule has 1 atom stereocenters. The van der Waals surface area contributed by atoms with Gasteiger partial charge in [0.1, 0.15) is 16.4 Å². The van der Waals surface area contributed by atoms with Crippen molar-refractivity contribution >= 4 is 33.3 Å². The molecule has 8 nitrogen and oxygen atoms in total. The summed E-state index contributed by atoms with van der Waals surface area (Å²) in [7, 11) is 1.67. The molecule has 0 aliphatic rings. The van der Waals surface area contributed by atoms with E-state index in [0.717, 1.165) is 27.7 Å². The summed E-state index contributed by atoms with van der Waals surface area (Å²) in [4.78, 5) is 21.4. The summed E-state index contributed by atoms with van der Waals surface area (Å²) in [6.07, 6.45) is 1.60. The predicted molar refractivity (Wildman–Crippen MR) is 134 cm³/mol. The molecule has 0 aliphatic heterocycles. The fourth-order valence-electron chi connectivity index (χ4n) is 3.74. The number of aromatic nitrogens is 5. The molecular formula is C24H23N5O3S2. The van der Waals surface area contributed by atoms with Crippen molar-refractivity contribution in [3.63, 3.8) is 0 Å². The van der Waals surface area contributed by atoms with Crippen LogP contribution >= 0.6 is 23.1 Å². The first kappa shape index (κ1) is 22.6. The van der Waals surface area contributed by atoms with E-state index in [1.54, 1.807) is 19.4 Å². The summed E-state index contributed by atoms with van der Waals surface area (Å²) >= 11 is 2.93. The number of aryl methyl sites for hydroxylation is 1. The molecule has 10 heteroatoms. The van der Waals surface area contributed by atoms with Gasteiger partial charge in [-0.25, -0.2) is 4.98 Å². The number of nitrogens with zero attached hydrogens (tertiary/aromatic N) is 4. The van der Waals surface area contributed by atoms with Gasteiger partial charge in [-0.05, 0) is 32.0 Å². The second kappa shape index (κ2) is 9.57. The van der Waals surface area contributed by atoms with Gasteiger partial charge in [0.25, 0.3) is 5.56 Å². The number of aromatic amines is 1. The number of rotatable bonds is 8. The van der Waals surface area contributed by atoms with Gasteiger partial charge in [0, 0.05) is 23.6 Å². The van der Waals surface area contributed by atoms with Gasteiger partial charge in [0.05, 0.1) is 30.1 Å². The molecule has 0 bridgehead atoms. The first-order valence-electron chi connectivity index (χ1n) is 10.8. The molecule has 1 N–H and O–H groups in total. The van der Waals surface area contributed by atoms with Crippen molar-refractivity contribution < 1.29 is 9.15 Å². The van der Waals surface area contributed by atoms with Crippen LogP contribution < -0.4 is 5.56 Å². The molecule has 0 fully saturated rings. The molecule has 5 aromatic rings. The molecule has 174 valence electrons. The summed E-state index contributed by atoms with van der Waals surface area (Å²) in [6.45, 7) is 5.20. The Morgan fingerprint density at radius 3 is 2.91 bits per heavy atom. The minimum Gasteiger partial charge on any atom is -0.464 e. The highest BCUT2D eigenvalue weighted by molar-refractivity contribution is 7.99. The van der Waals surface area contributed by atoms with Gasteiger partial charge in [-0.1, -0.05) is 35.5 Å². The third-order valence-electron chi connectivity index (χ3n) is 5.43. The molecule has 4 heterocycles. The average molecular weight is 494 g/mol. The van der Waals surface area contributed by atoms with Crippen LogP contribution in [0.1, 0.15) is 23.6 Å². The maximum atomic E-state index is 13.0. The monoisotopic (exact) mass is 493 g/mol. The standard InChI is InChI=1S/C24H23N5O3S2/c1-14-6-4-7-16(12-14)21-27-28-24(29(21)9-11-31-3)34-15(2)20-25-22(30)19-17(13-33-23(19)26-20)18-8-5-10-32-18/h4-8,10,12-13,15H,9,11H2,1-3H3,(H,25,26,30). The molecule has 5 rings (SSSR count). The van der Waals surface area contributed by atoms with Gasteiger partial charge < -0.3 is 14.1 Å². The number of hydrogen-bond acceptors (Lipinski definition) is 8. The zero-order valence-corrected chi connectivity index (χ0v) is 20.6. The molecule has 1 unspecified atom stereocenters. The van der Waals surface area contributed by atoms with Crippen LogP contribution in [0.3, 0.4) is 0 Å². The molecule has 4 aromatic heterocycles. The maximum absolute atomic E-state index is 13.0. The summed E-state index contributed by atoms with van der Waals surface area (Å²) in [5.74, 6) is 2.03. The van der Waals surface area contributed by atoms with Crippen molar-refractivity contribution in [2.45, 2.75) is 30.8 Å². The number of H-pyrrole nitrogens is 1. The van der Waals surface area contributed by atoms with Crippen molar-refractivity contribution in [2.24, 2.45) is 0 Å².